The largest absolute Gasteiger partial charge is 0.497 e. The van der Waals surface area contributed by atoms with E-state index < -0.39 is 52.8 Å². The Morgan fingerprint density at radius 1 is 0.961 bits per heavy atom. The minimum Gasteiger partial charge on any atom is -0.497 e. The number of alkyl halides is 6. The van der Waals surface area contributed by atoms with Crippen LogP contribution in [-0.2, 0) is 33.2 Å². The lowest BCUT2D eigenvalue weighted by molar-refractivity contribution is -0.140. The Kier molecular flexibility index (Phi) is 11.4. The molecule has 2 amide bonds. The summed E-state index contributed by atoms with van der Waals surface area (Å²) in [7, 11) is 1.47. The molecule has 2 atom stereocenters. The van der Waals surface area contributed by atoms with Gasteiger partial charge in [0.05, 0.1) is 43.8 Å². The van der Waals surface area contributed by atoms with Crippen LogP contribution in [-0.4, -0.2) is 94.5 Å². The third-order valence-electron chi connectivity index (χ3n) is 8.62. The second kappa shape index (κ2) is 15.5. The zero-order valence-electron chi connectivity index (χ0n) is 27.6. The number of nitrogens with one attached hydrogen (secondary N) is 2. The van der Waals surface area contributed by atoms with Gasteiger partial charge in [-0.25, -0.2) is 14.6 Å². The smallest absolute Gasteiger partial charge is 0.423 e. The highest BCUT2D eigenvalue weighted by Crippen LogP contribution is 2.33. The number of methoxy groups -OCH3 is 1. The van der Waals surface area contributed by atoms with E-state index >= 15 is 0 Å². The molecule has 2 unspecified atom stereocenters. The molecule has 2 saturated heterocycles. The Balaban J connectivity index is 1.22. The first-order valence-corrected chi connectivity index (χ1v) is 16.0. The predicted octanol–water partition coefficient (Wildman–Crippen LogP) is 3.33. The average Bonchev–Trinajstić information content (AvgIpc) is 3.46. The fourth-order valence-corrected chi connectivity index (χ4v) is 5.96. The van der Waals surface area contributed by atoms with Crippen molar-refractivity contribution in [2.24, 2.45) is 0 Å². The first kappa shape index (κ1) is 37.3. The number of anilines is 2. The number of halogens is 6. The molecule has 51 heavy (non-hydrogen) atoms. The van der Waals surface area contributed by atoms with Crippen LogP contribution in [0, 0.1) is 0 Å². The molecule has 19 heteroatoms. The Labute approximate surface area is 287 Å². The summed E-state index contributed by atoms with van der Waals surface area (Å²) < 4.78 is 93.1. The molecule has 4 heterocycles. The molecule has 0 radical (unpaired) electrons. The zero-order valence-corrected chi connectivity index (χ0v) is 27.6. The second-order valence-corrected chi connectivity index (χ2v) is 12.2. The van der Waals surface area contributed by atoms with E-state index in [0.29, 0.717) is 54.9 Å². The minimum atomic E-state index is -5.06. The molecule has 2 fully saturated rings. The molecule has 1 aromatic carbocycles. The van der Waals surface area contributed by atoms with Crippen LogP contribution in [0.25, 0.3) is 0 Å². The van der Waals surface area contributed by atoms with Gasteiger partial charge in [0.1, 0.15) is 17.4 Å². The molecular weight excluding hydrogens is 690 g/mol. The Morgan fingerprint density at radius 2 is 1.63 bits per heavy atom. The van der Waals surface area contributed by atoms with E-state index in [1.54, 1.807) is 34.1 Å². The number of hydrogen-bond acceptors (Lipinski definition) is 10. The van der Waals surface area contributed by atoms with Gasteiger partial charge in [-0.1, -0.05) is 12.1 Å². The zero-order chi connectivity index (χ0) is 36.9. The molecule has 2 N–H and O–H groups in total. The van der Waals surface area contributed by atoms with E-state index in [2.05, 4.69) is 25.7 Å². The third-order valence-corrected chi connectivity index (χ3v) is 8.62. The van der Waals surface area contributed by atoms with Crippen molar-refractivity contribution < 1.29 is 45.4 Å². The predicted molar refractivity (Wildman–Crippen MR) is 170 cm³/mol. The van der Waals surface area contributed by atoms with Crippen LogP contribution >= 0.6 is 0 Å². The van der Waals surface area contributed by atoms with Crippen molar-refractivity contribution in [1.29, 1.82) is 0 Å². The summed E-state index contributed by atoms with van der Waals surface area (Å²) in [6, 6.07) is 5.25. The molecule has 5 rings (SSSR count). The minimum absolute atomic E-state index is 0.159. The quantitative estimate of drug-likeness (QED) is 0.267. The molecule has 2 aliphatic heterocycles. The molecule has 0 aliphatic carbocycles. The molecule has 13 nitrogen and oxygen atoms in total. The van der Waals surface area contributed by atoms with Crippen LogP contribution in [0.4, 0.5) is 38.0 Å². The van der Waals surface area contributed by atoms with E-state index in [0.717, 1.165) is 18.6 Å². The topological polar surface area (TPSA) is 144 Å². The molecule has 0 bridgehead atoms. The Morgan fingerprint density at radius 3 is 2.22 bits per heavy atom. The lowest BCUT2D eigenvalue weighted by Crippen LogP contribution is -2.47. The summed E-state index contributed by atoms with van der Waals surface area (Å²) in [6.45, 7) is 1.70. The summed E-state index contributed by atoms with van der Waals surface area (Å²) in [5.41, 5.74) is -3.89. The van der Waals surface area contributed by atoms with Gasteiger partial charge >= 0.3 is 12.4 Å². The second-order valence-electron chi connectivity index (χ2n) is 12.2. The summed E-state index contributed by atoms with van der Waals surface area (Å²) in [5, 5.41) is 9.12. The van der Waals surface area contributed by atoms with Gasteiger partial charge in [-0.05, 0) is 30.5 Å². The number of nitrogens with zero attached hydrogens (tertiary/aromatic N) is 6. The number of aromatic nitrogens is 4. The van der Waals surface area contributed by atoms with E-state index in [9.17, 15) is 40.7 Å². The molecule has 2 aliphatic rings. The molecule has 3 aromatic rings. The van der Waals surface area contributed by atoms with Crippen LogP contribution in [0.15, 0.2) is 47.7 Å². The highest BCUT2D eigenvalue weighted by molar-refractivity contribution is 5.83. The van der Waals surface area contributed by atoms with E-state index in [-0.39, 0.29) is 37.6 Å². The van der Waals surface area contributed by atoms with Gasteiger partial charge in [-0.15, -0.1) is 0 Å². The van der Waals surface area contributed by atoms with Gasteiger partial charge in [0.25, 0.3) is 11.5 Å². The average molecular weight is 727 g/mol. The fourth-order valence-electron chi connectivity index (χ4n) is 5.96. The van der Waals surface area contributed by atoms with E-state index in [1.165, 1.54) is 14.0 Å². The molecule has 276 valence electrons. The summed E-state index contributed by atoms with van der Waals surface area (Å²) in [6.07, 6.45) is -6.84. The standard InChI is InChI=1S/C32H36F6N8O5/c1-19(47)39-15-22(43-25-16-42-46(29(49)27(25)32(36,37)38)17-20-3-5-24(50-2)6-4-20)18-51-26-9-12-45(28(26)48)23-7-10-44(11-8-23)30-40-13-21(14-41-30)31(33,34)35/h3-6,13-14,16,22-23,26,43H,7-12,15,17-18H2,1-2H3,(H,39,47). The number of hydrogen-bond donors (Lipinski definition) is 2. The van der Waals surface area contributed by atoms with Crippen molar-refractivity contribution in [3.05, 3.63) is 69.9 Å². The SMILES string of the molecule is COc1ccc(Cn2ncc(NC(CNC(C)=O)COC3CCN(C4CCN(c5ncc(C(F)(F)F)cn5)CC4)C3=O)c(C(F)(F)F)c2=O)cc1. The number of ether oxygens (including phenoxy) is 2. The van der Waals surface area contributed by atoms with Crippen LogP contribution in [0.2, 0.25) is 0 Å². The Bertz CT molecular complexity index is 1730. The van der Waals surface area contributed by atoms with Crippen molar-refractivity contribution >= 4 is 23.5 Å². The van der Waals surface area contributed by atoms with Crippen molar-refractivity contribution in [2.75, 3.05) is 50.1 Å². The lowest BCUT2D eigenvalue weighted by atomic mass is 10.0. The normalized spacial score (nSPS) is 17.8. The number of benzene rings is 1. The monoisotopic (exact) mass is 726 g/mol. The van der Waals surface area contributed by atoms with Crippen molar-refractivity contribution in [3.8, 4) is 5.75 Å². The maximum atomic E-state index is 14.3. The van der Waals surface area contributed by atoms with Crippen LogP contribution in [0.1, 0.15) is 42.9 Å². The van der Waals surface area contributed by atoms with Gasteiger partial charge < -0.3 is 29.9 Å². The number of likely N-dealkylation sites (tertiary alicyclic amines) is 1. The van der Waals surface area contributed by atoms with Crippen molar-refractivity contribution in [1.82, 2.24) is 30.0 Å². The first-order valence-electron chi connectivity index (χ1n) is 16.0. The number of rotatable bonds is 12. The van der Waals surface area contributed by atoms with Crippen LogP contribution in [0.3, 0.4) is 0 Å². The summed E-state index contributed by atoms with van der Waals surface area (Å²) in [5.74, 6) is -0.0744. The lowest BCUT2D eigenvalue weighted by Gasteiger charge is -2.36. The molecule has 0 saturated carbocycles. The fraction of sp³-hybridized carbons (Fsp3) is 0.500. The van der Waals surface area contributed by atoms with Gasteiger partial charge in [-0.2, -0.15) is 31.4 Å². The highest BCUT2D eigenvalue weighted by atomic mass is 19.4. The van der Waals surface area contributed by atoms with Gasteiger partial charge in [-0.3, -0.25) is 14.4 Å². The third kappa shape index (κ3) is 9.25. The van der Waals surface area contributed by atoms with Crippen LogP contribution in [0.5, 0.6) is 5.75 Å². The Hall–Kier alpha value is -4.94. The highest BCUT2D eigenvalue weighted by Gasteiger charge is 2.40. The number of amides is 2. The summed E-state index contributed by atoms with van der Waals surface area (Å²) >= 11 is 0. The number of piperidine rings is 1. The van der Waals surface area contributed by atoms with Crippen molar-refractivity contribution in [3.63, 3.8) is 0 Å². The van der Waals surface area contributed by atoms with E-state index in [4.69, 9.17) is 9.47 Å². The maximum Gasteiger partial charge on any atom is 0.423 e. The maximum absolute atomic E-state index is 14.3. The van der Waals surface area contributed by atoms with E-state index in [1.807, 2.05) is 0 Å². The molecule has 0 spiro atoms. The van der Waals surface area contributed by atoms with Crippen LogP contribution < -0.4 is 25.8 Å². The van der Waals surface area contributed by atoms with Gasteiger partial charge in [0, 0.05) is 58.0 Å². The van der Waals surface area contributed by atoms with Crippen molar-refractivity contribution in [2.45, 2.75) is 63.3 Å². The van der Waals surface area contributed by atoms with Gasteiger partial charge in [0.15, 0.2) is 0 Å². The number of carbonyl (C=O) groups excluding carboxylic acids is 2. The molecular formula is C32H36F6N8O5. The first-order chi connectivity index (χ1) is 24.1. The summed E-state index contributed by atoms with van der Waals surface area (Å²) in [4.78, 5) is 49.2. The molecule has 2 aromatic heterocycles. The number of carbonyl (C=O) groups is 2. The van der Waals surface area contributed by atoms with Gasteiger partial charge in [0.2, 0.25) is 11.9 Å².